The number of ether oxygens (including phenoxy) is 2. The lowest BCUT2D eigenvalue weighted by atomic mass is 10.0. The number of benzene rings is 2. The third kappa shape index (κ3) is 2.80. The van der Waals surface area contributed by atoms with Crippen molar-refractivity contribution < 1.29 is 22.1 Å². The fraction of sp³-hybridized carbons (Fsp3) is 0.304. The first kappa shape index (κ1) is 17.9. The van der Waals surface area contributed by atoms with Crippen LogP contribution in [0.15, 0.2) is 30.3 Å². The van der Waals surface area contributed by atoms with Crippen molar-refractivity contribution in [2.45, 2.75) is 30.9 Å². The molecular weight excluding hydrogens is 402 g/mol. The lowest BCUT2D eigenvalue weighted by molar-refractivity contribution is 0.174. The standard InChI is InChI=1S/C23H21NO5S/c25-30(26,17-5-1-2-6-17)29-21-7-3-4-15-10-20-18-12-23-22(27-14-28-23)11-16(18)8-9-24(20)13-19(15)21/h3-4,7-8,10-13,17H,1-2,5-6,9,14H2. The van der Waals surface area contributed by atoms with Crippen molar-refractivity contribution in [3.8, 4) is 17.2 Å². The number of hydrogen-bond donors (Lipinski definition) is 0. The first-order valence-corrected chi connectivity index (χ1v) is 11.7. The number of nitrogens with zero attached hydrogens (tertiary/aromatic N) is 1. The van der Waals surface area contributed by atoms with Crippen molar-refractivity contribution in [2.75, 3.05) is 13.3 Å². The number of hydrogen-bond acceptors (Lipinski definition) is 6. The molecule has 154 valence electrons. The Morgan fingerprint density at radius 1 is 1.03 bits per heavy atom. The topological polar surface area (TPSA) is 65.1 Å². The highest BCUT2D eigenvalue weighted by Crippen LogP contribution is 2.29. The summed E-state index contributed by atoms with van der Waals surface area (Å²) in [5.74, 6) is 1.91. The monoisotopic (exact) mass is 423 g/mol. The van der Waals surface area contributed by atoms with Gasteiger partial charge in [0.1, 0.15) is 0 Å². The summed E-state index contributed by atoms with van der Waals surface area (Å²) in [5.41, 5.74) is 1.05. The molecule has 3 aliphatic heterocycles. The molecule has 0 radical (unpaired) electrons. The summed E-state index contributed by atoms with van der Waals surface area (Å²) in [4.78, 5) is 2.11. The van der Waals surface area contributed by atoms with Crippen LogP contribution in [0.25, 0.3) is 24.0 Å². The first-order valence-electron chi connectivity index (χ1n) is 10.3. The van der Waals surface area contributed by atoms with Gasteiger partial charge in [-0.2, -0.15) is 8.42 Å². The molecule has 2 aromatic rings. The van der Waals surface area contributed by atoms with Crippen molar-refractivity contribution in [3.63, 3.8) is 0 Å². The molecule has 2 aromatic carbocycles. The fourth-order valence-corrected chi connectivity index (χ4v) is 6.09. The van der Waals surface area contributed by atoms with Gasteiger partial charge >= 0.3 is 10.1 Å². The van der Waals surface area contributed by atoms with Crippen molar-refractivity contribution >= 4 is 34.2 Å². The van der Waals surface area contributed by atoms with Gasteiger partial charge < -0.3 is 18.6 Å². The normalized spacial score (nSPS) is 19.2. The maximum absolute atomic E-state index is 12.7. The maximum atomic E-state index is 12.7. The van der Waals surface area contributed by atoms with Crippen LogP contribution in [0, 0.1) is 0 Å². The van der Waals surface area contributed by atoms with Crippen LogP contribution in [0.2, 0.25) is 0 Å². The van der Waals surface area contributed by atoms with E-state index in [4.69, 9.17) is 13.7 Å². The molecule has 1 saturated carbocycles. The van der Waals surface area contributed by atoms with Gasteiger partial charge in [0.05, 0.1) is 5.25 Å². The lowest BCUT2D eigenvalue weighted by Crippen LogP contribution is -2.43. The second kappa shape index (κ2) is 6.54. The van der Waals surface area contributed by atoms with E-state index in [1.165, 1.54) is 0 Å². The molecule has 0 bridgehead atoms. The Morgan fingerprint density at radius 3 is 2.67 bits per heavy atom. The Morgan fingerprint density at radius 2 is 1.83 bits per heavy atom. The highest BCUT2D eigenvalue weighted by molar-refractivity contribution is 7.87. The zero-order chi connectivity index (χ0) is 20.3. The highest BCUT2D eigenvalue weighted by atomic mass is 32.2. The predicted molar refractivity (Wildman–Crippen MR) is 113 cm³/mol. The van der Waals surface area contributed by atoms with Crippen LogP contribution in [0.3, 0.4) is 0 Å². The zero-order valence-electron chi connectivity index (χ0n) is 16.3. The molecule has 0 spiro atoms. The van der Waals surface area contributed by atoms with Crippen LogP contribution >= 0.6 is 0 Å². The SMILES string of the molecule is O=S(=O)(Oc1cccc2c1=CN1CC=c3cc4c(cc3=C1C=2)OCO4)C1CCCC1. The van der Waals surface area contributed by atoms with Crippen LogP contribution in [-0.2, 0) is 10.1 Å². The molecule has 0 N–H and O–H groups in total. The molecule has 6 nitrogen and oxygen atoms in total. The van der Waals surface area contributed by atoms with Gasteiger partial charge in [-0.05, 0) is 47.6 Å². The van der Waals surface area contributed by atoms with E-state index in [1.807, 2.05) is 30.5 Å². The molecule has 0 amide bonds. The van der Waals surface area contributed by atoms with Gasteiger partial charge in [0.25, 0.3) is 0 Å². The average Bonchev–Trinajstić information content (AvgIpc) is 3.43. The Labute approximate surface area is 174 Å². The van der Waals surface area contributed by atoms with Gasteiger partial charge in [-0.25, -0.2) is 0 Å². The van der Waals surface area contributed by atoms with E-state index >= 15 is 0 Å². The molecule has 30 heavy (non-hydrogen) atoms. The molecule has 1 aliphatic carbocycles. The van der Waals surface area contributed by atoms with Crippen LogP contribution in [0.1, 0.15) is 25.7 Å². The molecular formula is C23H21NO5S. The van der Waals surface area contributed by atoms with Crippen molar-refractivity contribution in [2.24, 2.45) is 0 Å². The maximum Gasteiger partial charge on any atom is 0.312 e. The van der Waals surface area contributed by atoms with Crippen molar-refractivity contribution in [1.82, 2.24) is 4.90 Å². The van der Waals surface area contributed by atoms with E-state index in [9.17, 15) is 8.42 Å². The fourth-order valence-electron chi connectivity index (χ4n) is 4.65. The molecule has 0 aromatic heterocycles. The second-order valence-electron chi connectivity index (χ2n) is 8.05. The molecule has 0 unspecified atom stereocenters. The highest BCUT2D eigenvalue weighted by Gasteiger charge is 2.31. The number of fused-ring (bicyclic) bond motifs is 4. The van der Waals surface area contributed by atoms with Gasteiger partial charge in [-0.15, -0.1) is 0 Å². The minimum Gasteiger partial charge on any atom is -0.454 e. The Balaban J connectivity index is 1.49. The molecule has 7 heteroatoms. The summed E-state index contributed by atoms with van der Waals surface area (Å²) >= 11 is 0. The first-order chi connectivity index (χ1) is 14.6. The Kier molecular flexibility index (Phi) is 3.90. The third-order valence-electron chi connectivity index (χ3n) is 6.23. The van der Waals surface area contributed by atoms with Gasteiger partial charge in [0.2, 0.25) is 6.79 Å². The van der Waals surface area contributed by atoms with E-state index in [0.717, 1.165) is 50.9 Å². The molecule has 4 aliphatic rings. The largest absolute Gasteiger partial charge is 0.454 e. The Bertz CT molecular complexity index is 1400. The van der Waals surface area contributed by atoms with Crippen molar-refractivity contribution in [1.29, 1.82) is 0 Å². The summed E-state index contributed by atoms with van der Waals surface area (Å²) in [7, 11) is -3.63. The van der Waals surface area contributed by atoms with Gasteiger partial charge in [-0.3, -0.25) is 0 Å². The van der Waals surface area contributed by atoms with Crippen LogP contribution in [0.5, 0.6) is 17.2 Å². The van der Waals surface area contributed by atoms with E-state index in [1.54, 1.807) is 6.07 Å². The lowest BCUT2D eigenvalue weighted by Gasteiger charge is -2.26. The van der Waals surface area contributed by atoms with Crippen LogP contribution < -0.4 is 34.5 Å². The van der Waals surface area contributed by atoms with Crippen LogP contribution in [0.4, 0.5) is 0 Å². The quantitative estimate of drug-likeness (QED) is 0.670. The third-order valence-corrected chi connectivity index (χ3v) is 7.93. The summed E-state index contributed by atoms with van der Waals surface area (Å²) in [5, 5.41) is 3.50. The molecule has 1 fully saturated rings. The minimum absolute atomic E-state index is 0.242. The van der Waals surface area contributed by atoms with Gasteiger partial charge in [0, 0.05) is 28.9 Å². The van der Waals surface area contributed by atoms with Gasteiger partial charge in [-0.1, -0.05) is 31.1 Å². The van der Waals surface area contributed by atoms with E-state index in [0.29, 0.717) is 25.1 Å². The van der Waals surface area contributed by atoms with Crippen LogP contribution in [-0.4, -0.2) is 31.9 Å². The van der Waals surface area contributed by atoms with Gasteiger partial charge in [0.15, 0.2) is 17.2 Å². The predicted octanol–water partition coefficient (Wildman–Crippen LogP) is 0.503. The zero-order valence-corrected chi connectivity index (χ0v) is 17.2. The number of rotatable bonds is 3. The second-order valence-corrected chi connectivity index (χ2v) is 9.87. The summed E-state index contributed by atoms with van der Waals surface area (Å²) < 4.78 is 42.2. The summed E-state index contributed by atoms with van der Waals surface area (Å²) in [6.07, 6.45) is 9.44. The Hall–Kier alpha value is -2.93. The minimum atomic E-state index is -3.63. The molecule has 3 heterocycles. The van der Waals surface area contributed by atoms with E-state index < -0.39 is 15.4 Å². The summed E-state index contributed by atoms with van der Waals surface area (Å²) in [6.45, 7) is 0.924. The average molecular weight is 423 g/mol. The van der Waals surface area contributed by atoms with E-state index in [2.05, 4.69) is 17.1 Å². The van der Waals surface area contributed by atoms with Crippen molar-refractivity contribution in [3.05, 3.63) is 51.2 Å². The van der Waals surface area contributed by atoms with E-state index in [-0.39, 0.29) is 6.79 Å². The summed E-state index contributed by atoms with van der Waals surface area (Å²) in [6, 6.07) is 9.58. The molecule has 0 atom stereocenters. The molecule has 6 rings (SSSR count). The smallest absolute Gasteiger partial charge is 0.312 e. The molecule has 0 saturated heterocycles.